The Labute approximate surface area is 169 Å². The van der Waals surface area contributed by atoms with Gasteiger partial charge in [-0.05, 0) is 13.0 Å². The number of carbonyl (C=O) groups is 3. The number of nitrogens with one attached hydrogen (secondary N) is 1. The summed E-state index contributed by atoms with van der Waals surface area (Å²) < 4.78 is 10.4. The summed E-state index contributed by atoms with van der Waals surface area (Å²) in [6.45, 7) is 0.945. The first-order valence-electron chi connectivity index (χ1n) is 8.87. The number of carboxylic acids is 1. The van der Waals surface area contributed by atoms with Crippen LogP contribution in [0.5, 0.6) is 5.75 Å². The molecule has 4 N–H and O–H groups in total. The zero-order valence-corrected chi connectivity index (χ0v) is 16.0. The number of aromatic nitrogens is 1. The number of hydrogen-bond acceptors (Lipinski definition) is 7. The van der Waals surface area contributed by atoms with Crippen LogP contribution in [-0.2, 0) is 24.5 Å². The van der Waals surface area contributed by atoms with E-state index in [1.54, 1.807) is 25.1 Å². The van der Waals surface area contributed by atoms with Gasteiger partial charge < -0.3 is 25.3 Å². The van der Waals surface area contributed by atoms with E-state index in [4.69, 9.17) is 15.2 Å². The number of amides is 1. The van der Waals surface area contributed by atoms with Crippen LogP contribution >= 0.6 is 0 Å². The lowest BCUT2D eigenvalue weighted by molar-refractivity contribution is -0.138. The highest BCUT2D eigenvalue weighted by molar-refractivity contribution is 6.19. The van der Waals surface area contributed by atoms with Crippen molar-refractivity contribution < 1.29 is 29.0 Å². The minimum atomic E-state index is -2.02. The van der Waals surface area contributed by atoms with Gasteiger partial charge in [0, 0.05) is 23.0 Å². The Morgan fingerprint density at radius 1 is 1.30 bits per heavy atom. The van der Waals surface area contributed by atoms with Gasteiger partial charge in [0.1, 0.15) is 23.3 Å². The van der Waals surface area contributed by atoms with Crippen LogP contribution in [-0.4, -0.2) is 41.6 Å². The monoisotopic (exact) mass is 411 g/mol. The van der Waals surface area contributed by atoms with Crippen LogP contribution in [0.15, 0.2) is 46.6 Å². The average Bonchev–Trinajstić information content (AvgIpc) is 2.90. The molecule has 0 saturated heterocycles. The van der Waals surface area contributed by atoms with Crippen LogP contribution in [0.4, 0.5) is 5.69 Å². The van der Waals surface area contributed by atoms with Gasteiger partial charge in [-0.1, -0.05) is 18.2 Å². The molecule has 0 radical (unpaired) electrons. The minimum Gasteiger partial charge on any atom is -0.480 e. The lowest BCUT2D eigenvalue weighted by atomic mass is 9.68. The predicted octanol–water partition coefficient (Wildman–Crippen LogP) is 0.136. The fourth-order valence-electron chi connectivity index (χ4n) is 4.16. The summed E-state index contributed by atoms with van der Waals surface area (Å²) in [6.07, 6.45) is 0. The summed E-state index contributed by atoms with van der Waals surface area (Å²) in [6, 6.07) is 7.79. The van der Waals surface area contributed by atoms with E-state index in [9.17, 15) is 24.3 Å². The summed E-state index contributed by atoms with van der Waals surface area (Å²) in [5.41, 5.74) is 3.75. The summed E-state index contributed by atoms with van der Waals surface area (Å²) in [7, 11) is 1.10. The molecule has 1 amide bonds. The molecule has 10 heteroatoms. The van der Waals surface area contributed by atoms with Crippen molar-refractivity contribution in [3.63, 3.8) is 0 Å². The molecule has 3 heterocycles. The van der Waals surface area contributed by atoms with Crippen molar-refractivity contribution in [2.24, 2.45) is 5.73 Å². The Morgan fingerprint density at radius 2 is 2.00 bits per heavy atom. The number of carboxylic acid groups (broad SMARTS) is 1. The average molecular weight is 411 g/mol. The van der Waals surface area contributed by atoms with E-state index in [1.165, 1.54) is 12.1 Å². The Balaban J connectivity index is 2.18. The maximum Gasteiger partial charge on any atom is 0.340 e. The molecule has 154 valence electrons. The van der Waals surface area contributed by atoms with E-state index in [-0.39, 0.29) is 28.1 Å². The van der Waals surface area contributed by atoms with E-state index in [0.29, 0.717) is 5.69 Å². The molecule has 2 aliphatic heterocycles. The first-order valence-corrected chi connectivity index (χ1v) is 8.87. The maximum atomic E-state index is 13.8. The molecule has 2 aliphatic rings. The number of pyridine rings is 1. The van der Waals surface area contributed by atoms with Crippen LogP contribution in [0.2, 0.25) is 0 Å². The van der Waals surface area contributed by atoms with E-state index < -0.39 is 41.2 Å². The number of aliphatic carboxylic acids is 1. The van der Waals surface area contributed by atoms with Gasteiger partial charge in [-0.3, -0.25) is 19.3 Å². The molecule has 1 atom stereocenters. The number of esters is 1. The van der Waals surface area contributed by atoms with E-state index >= 15 is 0 Å². The van der Waals surface area contributed by atoms with Gasteiger partial charge in [-0.25, -0.2) is 4.79 Å². The highest BCUT2D eigenvalue weighted by Gasteiger charge is 2.62. The normalized spacial score (nSPS) is 19.4. The van der Waals surface area contributed by atoms with E-state index in [2.05, 4.69) is 4.98 Å². The Hall–Kier alpha value is -4.08. The van der Waals surface area contributed by atoms with Crippen LogP contribution in [0.25, 0.3) is 0 Å². The van der Waals surface area contributed by atoms with Gasteiger partial charge in [0.25, 0.3) is 5.56 Å². The third-order valence-electron chi connectivity index (χ3n) is 5.20. The lowest BCUT2D eigenvalue weighted by Gasteiger charge is -2.35. The Kier molecular flexibility index (Phi) is 4.15. The molecule has 0 bridgehead atoms. The SMILES string of the molecule is COC(=O)C1=C(N)Oc2cc(C)[nH]c(=O)c2C12C(=O)N(CC(=O)O)c1ccccc12. The number of hydrogen-bond donors (Lipinski definition) is 3. The lowest BCUT2D eigenvalue weighted by Crippen LogP contribution is -2.51. The number of benzene rings is 1. The highest BCUT2D eigenvalue weighted by atomic mass is 16.5. The molecule has 1 aromatic carbocycles. The number of aryl methyl sites for hydroxylation is 1. The number of para-hydroxylation sites is 1. The van der Waals surface area contributed by atoms with Crippen molar-refractivity contribution in [2.45, 2.75) is 12.3 Å². The van der Waals surface area contributed by atoms with Crippen molar-refractivity contribution in [1.82, 2.24) is 4.98 Å². The standard InChI is InChI=1S/C20H17N3O7/c1-9-7-12-14(17(26)22-9)20(15(16(21)30-12)18(27)29-2)10-5-3-4-6-11(10)23(19(20)28)8-13(24)25/h3-7H,8,21H2,1-2H3,(H,22,26)(H,24,25). The molecule has 10 nitrogen and oxygen atoms in total. The van der Waals surface area contributed by atoms with Crippen molar-refractivity contribution in [3.8, 4) is 5.75 Å². The van der Waals surface area contributed by atoms with Crippen molar-refractivity contribution >= 4 is 23.5 Å². The fourth-order valence-corrected chi connectivity index (χ4v) is 4.16. The maximum absolute atomic E-state index is 13.8. The first-order chi connectivity index (χ1) is 14.2. The molecule has 2 aromatic rings. The van der Waals surface area contributed by atoms with Gasteiger partial charge in [0.05, 0.1) is 12.7 Å². The molecule has 1 unspecified atom stereocenters. The topological polar surface area (TPSA) is 152 Å². The van der Waals surface area contributed by atoms with Crippen molar-refractivity contribution in [2.75, 3.05) is 18.6 Å². The molecule has 1 spiro atoms. The largest absolute Gasteiger partial charge is 0.480 e. The molecular formula is C20H17N3O7. The highest BCUT2D eigenvalue weighted by Crippen LogP contribution is 2.54. The van der Waals surface area contributed by atoms with Gasteiger partial charge in [-0.2, -0.15) is 0 Å². The van der Waals surface area contributed by atoms with Crippen LogP contribution in [0.3, 0.4) is 0 Å². The van der Waals surface area contributed by atoms with Gasteiger partial charge in [0.2, 0.25) is 11.8 Å². The fraction of sp³-hybridized carbons (Fsp3) is 0.200. The number of fused-ring (bicyclic) bond motifs is 4. The quantitative estimate of drug-likeness (QED) is 0.603. The third kappa shape index (κ3) is 2.36. The van der Waals surface area contributed by atoms with Gasteiger partial charge in [-0.15, -0.1) is 0 Å². The van der Waals surface area contributed by atoms with Crippen molar-refractivity contribution in [1.29, 1.82) is 0 Å². The van der Waals surface area contributed by atoms with Crippen LogP contribution in [0, 0.1) is 6.92 Å². The van der Waals surface area contributed by atoms with Crippen molar-refractivity contribution in [3.05, 3.63) is 69.0 Å². The Bertz CT molecular complexity index is 1210. The molecule has 30 heavy (non-hydrogen) atoms. The summed E-state index contributed by atoms with van der Waals surface area (Å²) in [5.74, 6) is -3.45. The molecule has 1 aromatic heterocycles. The minimum absolute atomic E-state index is 0.00160. The molecule has 0 saturated carbocycles. The molecular weight excluding hydrogens is 394 g/mol. The first kappa shape index (κ1) is 19.2. The van der Waals surface area contributed by atoms with Gasteiger partial charge >= 0.3 is 11.9 Å². The second-order valence-corrected chi connectivity index (χ2v) is 6.91. The molecule has 4 rings (SSSR count). The van der Waals surface area contributed by atoms with E-state index in [1.807, 2.05) is 0 Å². The number of carbonyl (C=O) groups excluding carboxylic acids is 2. The molecule has 0 aliphatic carbocycles. The third-order valence-corrected chi connectivity index (χ3v) is 5.20. The van der Waals surface area contributed by atoms with E-state index in [0.717, 1.165) is 12.0 Å². The smallest absolute Gasteiger partial charge is 0.340 e. The second kappa shape index (κ2) is 6.48. The predicted molar refractivity (Wildman–Crippen MR) is 103 cm³/mol. The summed E-state index contributed by atoms with van der Waals surface area (Å²) in [4.78, 5) is 54.7. The molecule has 0 fully saturated rings. The van der Waals surface area contributed by atoms with Crippen LogP contribution in [0.1, 0.15) is 16.8 Å². The summed E-state index contributed by atoms with van der Waals surface area (Å²) in [5, 5.41) is 9.35. The zero-order valence-electron chi connectivity index (χ0n) is 16.0. The number of ether oxygens (including phenoxy) is 2. The summed E-state index contributed by atoms with van der Waals surface area (Å²) >= 11 is 0. The number of aromatic amines is 1. The van der Waals surface area contributed by atoms with Gasteiger partial charge in [0.15, 0.2) is 0 Å². The number of H-pyrrole nitrogens is 1. The number of rotatable bonds is 3. The number of anilines is 1. The number of nitrogens with zero attached hydrogens (tertiary/aromatic N) is 1. The second-order valence-electron chi connectivity index (χ2n) is 6.91. The zero-order chi connectivity index (χ0) is 21.8. The number of nitrogens with two attached hydrogens (primary N) is 1. The van der Waals surface area contributed by atoms with Crippen LogP contribution < -0.4 is 20.9 Å². The Morgan fingerprint density at radius 3 is 2.67 bits per heavy atom. The number of methoxy groups -OCH3 is 1.